The van der Waals surface area contributed by atoms with Gasteiger partial charge in [0.15, 0.2) is 5.60 Å². The summed E-state index contributed by atoms with van der Waals surface area (Å²) in [5, 5.41) is 10.2. The average molecular weight is 192 g/mol. The van der Waals surface area contributed by atoms with Gasteiger partial charge in [-0.15, -0.1) is 0 Å². The quantitative estimate of drug-likeness (QED) is 0.609. The van der Waals surface area contributed by atoms with Crippen LogP contribution < -0.4 is 4.74 Å². The average Bonchev–Trinajstić information content (AvgIpc) is 2.55. The van der Waals surface area contributed by atoms with Gasteiger partial charge in [0.25, 0.3) is 6.29 Å². The summed E-state index contributed by atoms with van der Waals surface area (Å²) in [6.45, 7) is 0. The van der Waals surface area contributed by atoms with Crippen molar-refractivity contribution in [1.29, 1.82) is 0 Å². The molecule has 4 heteroatoms. The summed E-state index contributed by atoms with van der Waals surface area (Å²) in [5.41, 5.74) is -0.649. The molecule has 2 aliphatic rings. The second-order valence-electron chi connectivity index (χ2n) is 3.54. The maximum Gasteiger partial charge on any atom is 0.312 e. The third kappa shape index (κ3) is 0.786. The predicted octanol–water partition coefficient (Wildman–Crippen LogP) is 0.540. The highest BCUT2D eigenvalue weighted by Crippen LogP contribution is 2.47. The molecule has 1 aromatic rings. The van der Waals surface area contributed by atoms with Gasteiger partial charge in [0.1, 0.15) is 5.75 Å². The largest absolute Gasteiger partial charge is 0.451 e. The maximum absolute atomic E-state index is 11.0. The van der Waals surface area contributed by atoms with Gasteiger partial charge < -0.3 is 14.6 Å². The standard InChI is InChI=1S/C10H8O4/c11-8-5-10(12)6-3-1-2-4-7(6)13-9(10)14-8/h1-4,9,12H,5H2/t9-,10+/m1/s1. The molecule has 0 spiro atoms. The van der Waals surface area contributed by atoms with Crippen LogP contribution in [0.2, 0.25) is 0 Å². The van der Waals surface area contributed by atoms with Crippen molar-refractivity contribution in [3.8, 4) is 5.75 Å². The number of carbonyl (C=O) groups excluding carboxylic acids is 1. The molecule has 1 N–H and O–H groups in total. The molecule has 0 aromatic heterocycles. The fraction of sp³-hybridized carbons (Fsp3) is 0.300. The summed E-state index contributed by atoms with van der Waals surface area (Å²) < 4.78 is 10.2. The first-order valence-electron chi connectivity index (χ1n) is 4.38. The van der Waals surface area contributed by atoms with Crippen LogP contribution in [-0.2, 0) is 15.1 Å². The third-order valence-electron chi connectivity index (χ3n) is 2.63. The summed E-state index contributed by atoms with van der Waals surface area (Å²) in [6.07, 6.45) is -0.901. The Kier molecular flexibility index (Phi) is 1.27. The smallest absolute Gasteiger partial charge is 0.312 e. The van der Waals surface area contributed by atoms with E-state index in [2.05, 4.69) is 0 Å². The van der Waals surface area contributed by atoms with Gasteiger partial charge in [-0.1, -0.05) is 18.2 Å². The van der Waals surface area contributed by atoms with Gasteiger partial charge in [-0.25, -0.2) is 0 Å². The van der Waals surface area contributed by atoms with Crippen LogP contribution in [0, 0.1) is 0 Å². The van der Waals surface area contributed by atoms with Crippen LogP contribution in [0.4, 0.5) is 0 Å². The van der Waals surface area contributed by atoms with Gasteiger partial charge >= 0.3 is 5.97 Å². The highest BCUT2D eigenvalue weighted by Gasteiger charge is 2.56. The number of rotatable bonds is 0. The minimum atomic E-state index is -1.28. The minimum absolute atomic E-state index is 0.0331. The number of hydrogen-bond donors (Lipinski definition) is 1. The lowest BCUT2D eigenvalue weighted by molar-refractivity contribution is -0.159. The Morgan fingerprint density at radius 1 is 1.36 bits per heavy atom. The molecular formula is C10H8O4. The highest BCUT2D eigenvalue weighted by atomic mass is 16.7. The molecule has 1 aromatic carbocycles. The van der Waals surface area contributed by atoms with E-state index in [4.69, 9.17) is 9.47 Å². The number of aliphatic hydroxyl groups is 1. The molecule has 2 atom stereocenters. The van der Waals surface area contributed by atoms with Crippen molar-refractivity contribution in [2.24, 2.45) is 0 Å². The fourth-order valence-corrected chi connectivity index (χ4v) is 1.95. The second-order valence-corrected chi connectivity index (χ2v) is 3.54. The lowest BCUT2D eigenvalue weighted by Crippen LogP contribution is -2.33. The SMILES string of the molecule is O=C1C[C@]2(O)c3ccccc3O[C@@H]2O1. The number of hydrogen-bond acceptors (Lipinski definition) is 4. The van der Waals surface area contributed by atoms with Gasteiger partial charge in [-0.2, -0.15) is 0 Å². The summed E-state index contributed by atoms with van der Waals surface area (Å²) in [5.74, 6) is 0.166. The monoisotopic (exact) mass is 192 g/mol. The van der Waals surface area contributed by atoms with E-state index in [1.54, 1.807) is 18.2 Å². The first kappa shape index (κ1) is 7.82. The molecule has 0 radical (unpaired) electrons. The summed E-state index contributed by atoms with van der Waals surface area (Å²) in [6, 6.07) is 7.10. The molecule has 4 nitrogen and oxygen atoms in total. The fourth-order valence-electron chi connectivity index (χ4n) is 1.95. The number of fused-ring (bicyclic) bond motifs is 3. The first-order chi connectivity index (χ1) is 6.70. The molecule has 72 valence electrons. The zero-order valence-corrected chi connectivity index (χ0v) is 7.27. The third-order valence-corrected chi connectivity index (χ3v) is 2.63. The molecule has 0 unspecified atom stereocenters. The molecule has 0 amide bonds. The Bertz CT molecular complexity index is 414. The van der Waals surface area contributed by atoms with Gasteiger partial charge in [0.05, 0.1) is 6.42 Å². The predicted molar refractivity (Wildman–Crippen MR) is 45.5 cm³/mol. The number of ether oxygens (including phenoxy) is 2. The van der Waals surface area contributed by atoms with Crippen LogP contribution in [-0.4, -0.2) is 17.4 Å². The van der Waals surface area contributed by atoms with Gasteiger partial charge in [0, 0.05) is 5.56 Å². The molecule has 0 aliphatic carbocycles. The van der Waals surface area contributed by atoms with Crippen molar-refractivity contribution in [3.63, 3.8) is 0 Å². The van der Waals surface area contributed by atoms with Crippen LogP contribution in [0.5, 0.6) is 5.75 Å². The van der Waals surface area contributed by atoms with Gasteiger partial charge in [0.2, 0.25) is 0 Å². The Labute approximate surface area is 80.1 Å². The van der Waals surface area contributed by atoms with E-state index in [9.17, 15) is 9.90 Å². The Morgan fingerprint density at radius 2 is 2.14 bits per heavy atom. The van der Waals surface area contributed by atoms with Crippen LogP contribution in [0.25, 0.3) is 0 Å². The lowest BCUT2D eigenvalue weighted by Gasteiger charge is -2.16. The van der Waals surface area contributed by atoms with E-state index in [-0.39, 0.29) is 6.42 Å². The topological polar surface area (TPSA) is 55.8 Å². The second kappa shape index (κ2) is 2.27. The number of esters is 1. The van der Waals surface area contributed by atoms with Crippen molar-refractivity contribution in [3.05, 3.63) is 29.8 Å². The van der Waals surface area contributed by atoms with Crippen molar-refractivity contribution in [1.82, 2.24) is 0 Å². The van der Waals surface area contributed by atoms with Crippen LogP contribution in [0.3, 0.4) is 0 Å². The molecule has 0 bridgehead atoms. The number of benzene rings is 1. The van der Waals surface area contributed by atoms with E-state index in [1.165, 1.54) is 0 Å². The summed E-state index contributed by atoms with van der Waals surface area (Å²) in [7, 11) is 0. The molecule has 2 heterocycles. The maximum atomic E-state index is 11.0. The Morgan fingerprint density at radius 3 is 3.00 bits per heavy atom. The van der Waals surface area contributed by atoms with E-state index < -0.39 is 17.9 Å². The molecule has 2 aliphatic heterocycles. The highest BCUT2D eigenvalue weighted by molar-refractivity contribution is 5.75. The van der Waals surface area contributed by atoms with Gasteiger partial charge in [-0.3, -0.25) is 4.79 Å². The van der Waals surface area contributed by atoms with Crippen molar-refractivity contribution < 1.29 is 19.4 Å². The summed E-state index contributed by atoms with van der Waals surface area (Å²) >= 11 is 0. The zero-order chi connectivity index (χ0) is 9.76. The lowest BCUT2D eigenvalue weighted by atomic mass is 9.93. The van der Waals surface area contributed by atoms with E-state index in [1.807, 2.05) is 6.07 Å². The molecule has 14 heavy (non-hydrogen) atoms. The van der Waals surface area contributed by atoms with E-state index >= 15 is 0 Å². The van der Waals surface area contributed by atoms with Gasteiger partial charge in [-0.05, 0) is 6.07 Å². The number of carbonyl (C=O) groups is 1. The normalized spacial score (nSPS) is 33.2. The molecule has 1 fully saturated rings. The van der Waals surface area contributed by atoms with Crippen LogP contribution in [0.15, 0.2) is 24.3 Å². The van der Waals surface area contributed by atoms with Crippen molar-refractivity contribution >= 4 is 5.97 Å². The first-order valence-corrected chi connectivity index (χ1v) is 4.38. The zero-order valence-electron chi connectivity index (χ0n) is 7.27. The molecule has 1 saturated heterocycles. The van der Waals surface area contributed by atoms with E-state index in [0.717, 1.165) is 0 Å². The van der Waals surface area contributed by atoms with Crippen LogP contribution >= 0.6 is 0 Å². The Balaban J connectivity index is 2.15. The summed E-state index contributed by atoms with van der Waals surface area (Å²) in [4.78, 5) is 11.0. The molecule has 0 saturated carbocycles. The minimum Gasteiger partial charge on any atom is -0.451 e. The van der Waals surface area contributed by atoms with Crippen molar-refractivity contribution in [2.75, 3.05) is 0 Å². The van der Waals surface area contributed by atoms with Crippen molar-refractivity contribution in [2.45, 2.75) is 18.3 Å². The number of para-hydroxylation sites is 1. The van der Waals surface area contributed by atoms with E-state index in [0.29, 0.717) is 11.3 Å². The molecular weight excluding hydrogens is 184 g/mol. The van der Waals surface area contributed by atoms with Crippen LogP contribution in [0.1, 0.15) is 12.0 Å². The molecule has 3 rings (SSSR count). The Hall–Kier alpha value is -1.55.